The second kappa shape index (κ2) is 6.53. The second-order valence-electron chi connectivity index (χ2n) is 4.18. The minimum atomic E-state index is -0.695. The van der Waals surface area contributed by atoms with Gasteiger partial charge in [0.1, 0.15) is 0 Å². The third kappa shape index (κ3) is 4.53. The summed E-state index contributed by atoms with van der Waals surface area (Å²) in [4.78, 5) is 0. The van der Waals surface area contributed by atoms with Crippen molar-refractivity contribution in [2.24, 2.45) is 5.92 Å². The monoisotopic (exact) mass is 218 g/mol. The number of nitrogens with one attached hydrogen (secondary N) is 2. The zero-order valence-corrected chi connectivity index (χ0v) is 10.0. The molecule has 3 atom stereocenters. The van der Waals surface area contributed by atoms with E-state index in [4.69, 9.17) is 0 Å². The van der Waals surface area contributed by atoms with Gasteiger partial charge in [0, 0.05) is 28.9 Å². The van der Waals surface area contributed by atoms with E-state index in [0.29, 0.717) is 0 Å². The predicted octanol–water partition coefficient (Wildman–Crippen LogP) is 0.343. The molecule has 1 saturated heterocycles. The molecular weight excluding hydrogens is 196 g/mol. The molecule has 2 N–H and O–H groups in total. The lowest BCUT2D eigenvalue weighted by Crippen LogP contribution is -2.38. The molecule has 0 radical (unpaired) electrons. The molecule has 0 amide bonds. The number of piperidine rings is 1. The lowest BCUT2D eigenvalue weighted by atomic mass is 10.00. The van der Waals surface area contributed by atoms with E-state index in [0.717, 1.165) is 25.6 Å². The molecule has 1 rings (SSSR count). The van der Waals surface area contributed by atoms with Crippen LogP contribution < -0.4 is 10.6 Å². The normalized spacial score (nSPS) is 27.1. The SMILES string of the molecule is CC(CNCC1CCCNC1)S(C)=O. The molecule has 0 aromatic heterocycles. The molecule has 0 saturated carbocycles. The van der Waals surface area contributed by atoms with Gasteiger partial charge in [-0.2, -0.15) is 0 Å². The Morgan fingerprint density at radius 1 is 1.64 bits per heavy atom. The van der Waals surface area contributed by atoms with Crippen LogP contribution in [0.2, 0.25) is 0 Å². The maximum Gasteiger partial charge on any atom is 0.0441 e. The lowest BCUT2D eigenvalue weighted by Gasteiger charge is -2.23. The van der Waals surface area contributed by atoms with Gasteiger partial charge in [-0.05, 0) is 45.3 Å². The number of hydrogen-bond acceptors (Lipinski definition) is 3. The molecule has 1 aliphatic heterocycles. The first kappa shape index (κ1) is 12.1. The smallest absolute Gasteiger partial charge is 0.0441 e. The Hall–Kier alpha value is 0.0700. The van der Waals surface area contributed by atoms with Gasteiger partial charge < -0.3 is 10.6 Å². The van der Waals surface area contributed by atoms with E-state index >= 15 is 0 Å². The Morgan fingerprint density at radius 2 is 2.43 bits per heavy atom. The Labute approximate surface area is 89.5 Å². The summed E-state index contributed by atoms with van der Waals surface area (Å²) in [5.41, 5.74) is 0. The van der Waals surface area contributed by atoms with Crippen molar-refractivity contribution in [1.29, 1.82) is 0 Å². The van der Waals surface area contributed by atoms with Crippen LogP contribution in [0.5, 0.6) is 0 Å². The first-order valence-electron chi connectivity index (χ1n) is 5.44. The minimum absolute atomic E-state index is 0.270. The van der Waals surface area contributed by atoms with Crippen LogP contribution in [0.1, 0.15) is 19.8 Å². The van der Waals surface area contributed by atoms with Crippen molar-refractivity contribution < 1.29 is 4.21 Å². The minimum Gasteiger partial charge on any atom is -0.316 e. The molecule has 84 valence electrons. The third-order valence-corrected chi connectivity index (χ3v) is 4.13. The summed E-state index contributed by atoms with van der Waals surface area (Å²) in [5.74, 6) is 0.765. The fourth-order valence-corrected chi connectivity index (χ4v) is 2.06. The van der Waals surface area contributed by atoms with Gasteiger partial charge in [0.2, 0.25) is 0 Å². The van der Waals surface area contributed by atoms with Crippen molar-refractivity contribution >= 4 is 10.8 Å². The van der Waals surface area contributed by atoms with Gasteiger partial charge in [-0.3, -0.25) is 4.21 Å². The summed E-state index contributed by atoms with van der Waals surface area (Å²) in [5, 5.41) is 7.07. The Bertz CT molecular complexity index is 181. The van der Waals surface area contributed by atoms with Crippen LogP contribution in [-0.2, 0) is 10.8 Å². The third-order valence-electron chi connectivity index (χ3n) is 2.83. The lowest BCUT2D eigenvalue weighted by molar-refractivity contribution is 0.361. The largest absolute Gasteiger partial charge is 0.316 e. The van der Waals surface area contributed by atoms with Crippen molar-refractivity contribution in [3.63, 3.8) is 0 Å². The number of rotatable bonds is 5. The quantitative estimate of drug-likeness (QED) is 0.699. The van der Waals surface area contributed by atoms with E-state index in [1.54, 1.807) is 6.26 Å². The van der Waals surface area contributed by atoms with Crippen LogP contribution in [0.25, 0.3) is 0 Å². The molecule has 1 heterocycles. The highest BCUT2D eigenvalue weighted by molar-refractivity contribution is 7.84. The van der Waals surface area contributed by atoms with Crippen molar-refractivity contribution in [3.05, 3.63) is 0 Å². The van der Waals surface area contributed by atoms with Gasteiger partial charge >= 0.3 is 0 Å². The summed E-state index contributed by atoms with van der Waals surface area (Å²) < 4.78 is 11.1. The highest BCUT2D eigenvalue weighted by Crippen LogP contribution is 2.08. The van der Waals surface area contributed by atoms with Gasteiger partial charge in [-0.15, -0.1) is 0 Å². The maximum atomic E-state index is 11.1. The van der Waals surface area contributed by atoms with Gasteiger partial charge in [-0.1, -0.05) is 0 Å². The molecule has 3 nitrogen and oxygen atoms in total. The highest BCUT2D eigenvalue weighted by atomic mass is 32.2. The first-order chi connectivity index (χ1) is 6.70. The molecule has 1 aliphatic rings. The van der Waals surface area contributed by atoms with E-state index < -0.39 is 10.8 Å². The fraction of sp³-hybridized carbons (Fsp3) is 1.00. The van der Waals surface area contributed by atoms with Gasteiger partial charge in [0.05, 0.1) is 0 Å². The summed E-state index contributed by atoms with van der Waals surface area (Å²) >= 11 is 0. The molecule has 0 spiro atoms. The Morgan fingerprint density at radius 3 is 3.00 bits per heavy atom. The molecule has 3 unspecified atom stereocenters. The summed E-state index contributed by atoms with van der Waals surface area (Å²) in [6.45, 7) is 6.28. The second-order valence-corrected chi connectivity index (χ2v) is 5.98. The zero-order chi connectivity index (χ0) is 10.4. The average molecular weight is 218 g/mol. The summed E-state index contributed by atoms with van der Waals surface area (Å²) in [6, 6.07) is 0. The van der Waals surface area contributed by atoms with Crippen LogP contribution in [-0.4, -0.2) is 41.9 Å². The van der Waals surface area contributed by atoms with Crippen LogP contribution >= 0.6 is 0 Å². The van der Waals surface area contributed by atoms with E-state index in [1.165, 1.54) is 19.4 Å². The number of hydrogen-bond donors (Lipinski definition) is 2. The molecule has 0 aromatic carbocycles. The van der Waals surface area contributed by atoms with Crippen LogP contribution in [0.4, 0.5) is 0 Å². The molecular formula is C10H22N2OS. The highest BCUT2D eigenvalue weighted by Gasteiger charge is 2.13. The summed E-state index contributed by atoms with van der Waals surface area (Å²) in [7, 11) is -0.695. The first-order valence-corrected chi connectivity index (χ1v) is 7.06. The fourth-order valence-electron chi connectivity index (χ4n) is 1.71. The summed E-state index contributed by atoms with van der Waals surface area (Å²) in [6.07, 6.45) is 4.39. The van der Waals surface area contributed by atoms with Crippen LogP contribution in [0.3, 0.4) is 0 Å². The van der Waals surface area contributed by atoms with E-state index in [2.05, 4.69) is 10.6 Å². The molecule has 0 aromatic rings. The van der Waals surface area contributed by atoms with Crippen LogP contribution in [0, 0.1) is 5.92 Å². The van der Waals surface area contributed by atoms with Gasteiger partial charge in [-0.25, -0.2) is 0 Å². The molecule has 0 bridgehead atoms. The van der Waals surface area contributed by atoms with E-state index in [1.807, 2.05) is 6.92 Å². The molecule has 0 aliphatic carbocycles. The predicted molar refractivity (Wildman–Crippen MR) is 62.0 cm³/mol. The van der Waals surface area contributed by atoms with Crippen LogP contribution in [0.15, 0.2) is 0 Å². The van der Waals surface area contributed by atoms with E-state index in [9.17, 15) is 4.21 Å². The van der Waals surface area contributed by atoms with Gasteiger partial charge in [0.25, 0.3) is 0 Å². The molecule has 4 heteroatoms. The molecule has 14 heavy (non-hydrogen) atoms. The Kier molecular flexibility index (Phi) is 5.67. The van der Waals surface area contributed by atoms with Crippen molar-refractivity contribution in [2.45, 2.75) is 25.0 Å². The molecule has 1 fully saturated rings. The van der Waals surface area contributed by atoms with Crippen molar-refractivity contribution in [1.82, 2.24) is 10.6 Å². The zero-order valence-electron chi connectivity index (χ0n) is 9.21. The Balaban J connectivity index is 2.05. The standard InChI is InChI=1S/C10H22N2OS/c1-9(14(2)13)6-12-8-10-4-3-5-11-7-10/h9-12H,3-8H2,1-2H3. The van der Waals surface area contributed by atoms with E-state index in [-0.39, 0.29) is 5.25 Å². The van der Waals surface area contributed by atoms with Crippen molar-refractivity contribution in [3.8, 4) is 0 Å². The maximum absolute atomic E-state index is 11.1. The van der Waals surface area contributed by atoms with Gasteiger partial charge in [0.15, 0.2) is 0 Å². The average Bonchev–Trinajstić information content (AvgIpc) is 2.19. The van der Waals surface area contributed by atoms with Crippen molar-refractivity contribution in [2.75, 3.05) is 32.4 Å². The topological polar surface area (TPSA) is 41.1 Å².